The summed E-state index contributed by atoms with van der Waals surface area (Å²) in [6.07, 6.45) is 3.12. The highest BCUT2D eigenvalue weighted by Crippen LogP contribution is 2.28. The fourth-order valence-corrected chi connectivity index (χ4v) is 4.52. The Kier molecular flexibility index (Phi) is 7.24. The van der Waals surface area contributed by atoms with Gasteiger partial charge in [-0.05, 0) is 56.5 Å². The lowest BCUT2D eigenvalue weighted by molar-refractivity contribution is 0.0212. The van der Waals surface area contributed by atoms with Crippen molar-refractivity contribution in [3.8, 4) is 0 Å². The lowest BCUT2D eigenvalue weighted by Crippen LogP contribution is -2.56. The number of rotatable bonds is 7. The van der Waals surface area contributed by atoms with Crippen molar-refractivity contribution in [1.82, 2.24) is 14.7 Å². The first-order valence-electron chi connectivity index (χ1n) is 10.1. The zero-order valence-corrected chi connectivity index (χ0v) is 16.4. The number of piperazine rings is 1. The Hall–Kier alpha value is -1.47. The van der Waals surface area contributed by atoms with E-state index in [2.05, 4.69) is 21.7 Å². The summed E-state index contributed by atoms with van der Waals surface area (Å²) in [4.78, 5) is 18.6. The van der Waals surface area contributed by atoms with Crippen LogP contribution in [-0.4, -0.2) is 89.8 Å². The summed E-state index contributed by atoms with van der Waals surface area (Å²) in [7, 11) is 2.19. The SMILES string of the molecule is CN1CCN([C@@H]2CCN(Cc3ccc(C(=O)O)cc3)C[C@@H]2CCCO)CC1. The Labute approximate surface area is 162 Å². The monoisotopic (exact) mass is 375 g/mol. The molecule has 0 spiro atoms. The van der Waals surface area contributed by atoms with E-state index in [-0.39, 0.29) is 6.61 Å². The van der Waals surface area contributed by atoms with Crippen molar-refractivity contribution >= 4 is 5.97 Å². The number of aliphatic hydroxyl groups excluding tert-OH is 1. The molecule has 2 fully saturated rings. The molecular weight excluding hydrogens is 342 g/mol. The molecule has 2 saturated heterocycles. The Morgan fingerprint density at radius 3 is 2.44 bits per heavy atom. The molecule has 0 unspecified atom stereocenters. The number of benzene rings is 1. The van der Waals surface area contributed by atoms with E-state index in [1.165, 1.54) is 12.0 Å². The highest BCUT2D eigenvalue weighted by molar-refractivity contribution is 5.87. The molecule has 27 heavy (non-hydrogen) atoms. The minimum atomic E-state index is -0.876. The molecular formula is C21H33N3O3. The zero-order valence-electron chi connectivity index (χ0n) is 16.4. The predicted molar refractivity (Wildman–Crippen MR) is 106 cm³/mol. The van der Waals surface area contributed by atoms with E-state index >= 15 is 0 Å². The summed E-state index contributed by atoms with van der Waals surface area (Å²) in [6.45, 7) is 7.84. The molecule has 0 aliphatic carbocycles. The first-order chi connectivity index (χ1) is 13.1. The quantitative estimate of drug-likeness (QED) is 0.755. The molecule has 0 saturated carbocycles. The van der Waals surface area contributed by atoms with Crippen LogP contribution in [0.4, 0.5) is 0 Å². The Morgan fingerprint density at radius 2 is 1.81 bits per heavy atom. The number of likely N-dealkylation sites (tertiary alicyclic amines) is 1. The fraction of sp³-hybridized carbons (Fsp3) is 0.667. The third-order valence-corrected chi connectivity index (χ3v) is 6.12. The number of aromatic carboxylic acids is 1. The van der Waals surface area contributed by atoms with Crippen LogP contribution >= 0.6 is 0 Å². The molecule has 150 valence electrons. The van der Waals surface area contributed by atoms with Crippen LogP contribution in [0.1, 0.15) is 35.2 Å². The summed E-state index contributed by atoms with van der Waals surface area (Å²) >= 11 is 0. The molecule has 6 nitrogen and oxygen atoms in total. The third-order valence-electron chi connectivity index (χ3n) is 6.12. The van der Waals surface area contributed by atoms with Crippen LogP contribution in [-0.2, 0) is 6.54 Å². The zero-order chi connectivity index (χ0) is 19.2. The van der Waals surface area contributed by atoms with Gasteiger partial charge < -0.3 is 15.1 Å². The topological polar surface area (TPSA) is 67.2 Å². The summed E-state index contributed by atoms with van der Waals surface area (Å²) < 4.78 is 0. The molecule has 2 aliphatic rings. The first kappa shape index (κ1) is 20.3. The minimum absolute atomic E-state index is 0.266. The lowest BCUT2D eigenvalue weighted by Gasteiger charge is -2.46. The van der Waals surface area contributed by atoms with Gasteiger partial charge in [-0.15, -0.1) is 0 Å². The number of likely N-dealkylation sites (N-methyl/N-ethyl adjacent to an activating group) is 1. The van der Waals surface area contributed by atoms with Gasteiger partial charge >= 0.3 is 5.97 Å². The van der Waals surface area contributed by atoms with Gasteiger partial charge in [-0.3, -0.25) is 9.80 Å². The fourth-order valence-electron chi connectivity index (χ4n) is 4.52. The van der Waals surface area contributed by atoms with Crippen LogP contribution in [0.3, 0.4) is 0 Å². The number of carboxylic acids is 1. The van der Waals surface area contributed by atoms with E-state index in [1.54, 1.807) is 12.1 Å². The first-order valence-corrected chi connectivity index (χ1v) is 10.1. The molecule has 3 rings (SSSR count). The number of carbonyl (C=O) groups is 1. The largest absolute Gasteiger partial charge is 0.478 e. The second kappa shape index (κ2) is 9.64. The van der Waals surface area contributed by atoms with E-state index < -0.39 is 5.97 Å². The maximum absolute atomic E-state index is 11.0. The van der Waals surface area contributed by atoms with Crippen LogP contribution in [0.2, 0.25) is 0 Å². The minimum Gasteiger partial charge on any atom is -0.478 e. The van der Waals surface area contributed by atoms with Gasteiger partial charge in [-0.25, -0.2) is 4.79 Å². The van der Waals surface area contributed by atoms with Gasteiger partial charge in [0, 0.05) is 51.9 Å². The molecule has 1 aromatic carbocycles. The molecule has 1 aromatic rings. The molecule has 0 amide bonds. The van der Waals surface area contributed by atoms with Crippen LogP contribution < -0.4 is 0 Å². The smallest absolute Gasteiger partial charge is 0.335 e. The number of carboxylic acid groups (broad SMARTS) is 1. The molecule has 2 aliphatic heterocycles. The average Bonchev–Trinajstić information content (AvgIpc) is 2.68. The van der Waals surface area contributed by atoms with Gasteiger partial charge in [0.1, 0.15) is 0 Å². The van der Waals surface area contributed by atoms with Crippen molar-refractivity contribution < 1.29 is 15.0 Å². The second-order valence-electron chi connectivity index (χ2n) is 8.06. The highest BCUT2D eigenvalue weighted by Gasteiger charge is 2.33. The van der Waals surface area contributed by atoms with Gasteiger partial charge in [0.05, 0.1) is 5.56 Å². The second-order valence-corrected chi connectivity index (χ2v) is 8.06. The van der Waals surface area contributed by atoms with Crippen molar-refractivity contribution in [2.75, 3.05) is 52.9 Å². The summed E-state index contributed by atoms with van der Waals surface area (Å²) in [6, 6.07) is 7.86. The Morgan fingerprint density at radius 1 is 1.11 bits per heavy atom. The normalized spacial score (nSPS) is 25.6. The standard InChI is InChI=1S/C21H33N3O3/c1-22-10-12-24(13-11-22)20-8-9-23(16-19(20)3-2-14-25)15-17-4-6-18(7-5-17)21(26)27/h4-7,19-20,25H,2-3,8-16H2,1H3,(H,26,27)/t19-,20+/m0/s1. The molecule has 0 bridgehead atoms. The molecule has 0 aromatic heterocycles. The number of piperidine rings is 1. The number of hydrogen-bond donors (Lipinski definition) is 2. The van der Waals surface area contributed by atoms with Crippen LogP contribution in [0.25, 0.3) is 0 Å². The predicted octanol–water partition coefficient (Wildman–Crippen LogP) is 1.60. The number of aliphatic hydroxyl groups is 1. The van der Waals surface area contributed by atoms with E-state index in [1.807, 2.05) is 12.1 Å². The van der Waals surface area contributed by atoms with Crippen LogP contribution in [0.15, 0.2) is 24.3 Å². The maximum Gasteiger partial charge on any atom is 0.335 e. The van der Waals surface area contributed by atoms with E-state index in [0.29, 0.717) is 17.5 Å². The van der Waals surface area contributed by atoms with Gasteiger partial charge in [0.2, 0.25) is 0 Å². The van der Waals surface area contributed by atoms with Gasteiger partial charge in [0.25, 0.3) is 0 Å². The summed E-state index contributed by atoms with van der Waals surface area (Å²) in [5.74, 6) is -0.286. The third kappa shape index (κ3) is 5.51. The molecule has 2 N–H and O–H groups in total. The van der Waals surface area contributed by atoms with Crippen molar-refractivity contribution in [2.24, 2.45) is 5.92 Å². The molecule has 0 radical (unpaired) electrons. The van der Waals surface area contributed by atoms with Gasteiger partial charge in [-0.2, -0.15) is 0 Å². The molecule has 6 heteroatoms. The van der Waals surface area contributed by atoms with Crippen molar-refractivity contribution in [2.45, 2.75) is 31.8 Å². The number of nitrogens with zero attached hydrogens (tertiary/aromatic N) is 3. The Bertz CT molecular complexity index is 599. The van der Waals surface area contributed by atoms with Crippen molar-refractivity contribution in [3.63, 3.8) is 0 Å². The van der Waals surface area contributed by atoms with E-state index in [4.69, 9.17) is 5.11 Å². The van der Waals surface area contributed by atoms with Gasteiger partial charge in [-0.1, -0.05) is 12.1 Å². The van der Waals surface area contributed by atoms with Crippen LogP contribution in [0, 0.1) is 5.92 Å². The Balaban J connectivity index is 1.60. The summed E-state index contributed by atoms with van der Waals surface area (Å²) in [5, 5.41) is 18.4. The van der Waals surface area contributed by atoms with Crippen molar-refractivity contribution in [3.05, 3.63) is 35.4 Å². The van der Waals surface area contributed by atoms with Gasteiger partial charge in [0.15, 0.2) is 0 Å². The lowest BCUT2D eigenvalue weighted by atomic mass is 9.86. The summed E-state index contributed by atoms with van der Waals surface area (Å²) in [5.41, 5.74) is 1.51. The maximum atomic E-state index is 11.0. The van der Waals surface area contributed by atoms with E-state index in [0.717, 1.165) is 58.7 Å². The van der Waals surface area contributed by atoms with Crippen molar-refractivity contribution in [1.29, 1.82) is 0 Å². The van der Waals surface area contributed by atoms with E-state index in [9.17, 15) is 9.90 Å². The number of hydrogen-bond acceptors (Lipinski definition) is 5. The average molecular weight is 376 g/mol. The highest BCUT2D eigenvalue weighted by atomic mass is 16.4. The molecule has 2 heterocycles. The molecule has 2 atom stereocenters. The van der Waals surface area contributed by atoms with Crippen LogP contribution in [0.5, 0.6) is 0 Å².